The van der Waals surface area contributed by atoms with E-state index >= 15 is 0 Å². The van der Waals surface area contributed by atoms with Gasteiger partial charge in [0.1, 0.15) is 0 Å². The Morgan fingerprint density at radius 2 is 1.52 bits per heavy atom. The molecule has 1 amide bonds. The number of hydrogen-bond donors (Lipinski definition) is 1. The molecule has 0 spiro atoms. The smallest absolute Gasteiger partial charge is 0.338 e. The van der Waals surface area contributed by atoms with Gasteiger partial charge in [-0.05, 0) is 71.1 Å². The standard InChI is InChI=1S/C19H18INO4/c1-12(2)18(23)21-16-9-5-13(6-10-16)17(22)11-25-19(24)14-3-7-15(20)8-4-14/h3-10,12H,11H2,1-2H3,(H,21,23). The monoisotopic (exact) mass is 451 g/mol. The largest absolute Gasteiger partial charge is 0.454 e. The fourth-order valence-electron chi connectivity index (χ4n) is 1.91. The van der Waals surface area contributed by atoms with Crippen LogP contribution < -0.4 is 5.32 Å². The lowest BCUT2D eigenvalue weighted by Crippen LogP contribution is -2.18. The van der Waals surface area contributed by atoms with Crippen molar-refractivity contribution < 1.29 is 19.1 Å². The number of esters is 1. The second kappa shape index (κ2) is 8.75. The van der Waals surface area contributed by atoms with Gasteiger partial charge in [0.2, 0.25) is 5.91 Å². The lowest BCUT2D eigenvalue weighted by Gasteiger charge is -2.08. The van der Waals surface area contributed by atoms with Crippen LogP contribution in [0.1, 0.15) is 34.6 Å². The van der Waals surface area contributed by atoms with Gasteiger partial charge in [0.15, 0.2) is 12.4 Å². The number of carbonyl (C=O) groups is 3. The zero-order valence-corrected chi connectivity index (χ0v) is 16.1. The summed E-state index contributed by atoms with van der Waals surface area (Å²) in [4.78, 5) is 35.6. The Labute approximate surface area is 159 Å². The highest BCUT2D eigenvalue weighted by atomic mass is 127. The summed E-state index contributed by atoms with van der Waals surface area (Å²) in [6.07, 6.45) is 0. The summed E-state index contributed by atoms with van der Waals surface area (Å²) in [6, 6.07) is 13.4. The highest BCUT2D eigenvalue weighted by Gasteiger charge is 2.12. The Hall–Kier alpha value is -2.22. The minimum atomic E-state index is -0.537. The van der Waals surface area contributed by atoms with Gasteiger partial charge in [0.25, 0.3) is 0 Å². The van der Waals surface area contributed by atoms with Crippen LogP contribution in [0.3, 0.4) is 0 Å². The zero-order valence-electron chi connectivity index (χ0n) is 13.9. The molecular weight excluding hydrogens is 433 g/mol. The van der Waals surface area contributed by atoms with Crippen molar-refractivity contribution >= 4 is 45.9 Å². The van der Waals surface area contributed by atoms with Gasteiger partial charge >= 0.3 is 5.97 Å². The Morgan fingerprint density at radius 1 is 0.960 bits per heavy atom. The van der Waals surface area contributed by atoms with Crippen molar-refractivity contribution in [1.82, 2.24) is 0 Å². The van der Waals surface area contributed by atoms with Crippen molar-refractivity contribution in [1.29, 1.82) is 0 Å². The van der Waals surface area contributed by atoms with Gasteiger partial charge in [0.05, 0.1) is 5.56 Å². The van der Waals surface area contributed by atoms with Gasteiger partial charge in [-0.3, -0.25) is 9.59 Å². The zero-order chi connectivity index (χ0) is 18.4. The molecule has 130 valence electrons. The van der Waals surface area contributed by atoms with E-state index in [1.807, 2.05) is 0 Å². The Bertz CT molecular complexity index is 767. The summed E-state index contributed by atoms with van der Waals surface area (Å²) >= 11 is 2.14. The summed E-state index contributed by atoms with van der Waals surface area (Å²) in [6.45, 7) is 3.27. The van der Waals surface area contributed by atoms with Crippen LogP contribution in [0.15, 0.2) is 48.5 Å². The summed E-state index contributed by atoms with van der Waals surface area (Å²) in [7, 11) is 0. The van der Waals surface area contributed by atoms with Crippen molar-refractivity contribution in [2.45, 2.75) is 13.8 Å². The number of ether oxygens (including phenoxy) is 1. The molecule has 0 atom stereocenters. The van der Waals surface area contributed by atoms with Crippen molar-refractivity contribution in [3.8, 4) is 0 Å². The van der Waals surface area contributed by atoms with Gasteiger partial charge in [0, 0.05) is 20.7 Å². The molecule has 0 unspecified atom stereocenters. The van der Waals surface area contributed by atoms with E-state index in [2.05, 4.69) is 27.9 Å². The summed E-state index contributed by atoms with van der Waals surface area (Å²) in [5, 5.41) is 2.75. The number of hydrogen-bond acceptors (Lipinski definition) is 4. The third-order valence-electron chi connectivity index (χ3n) is 3.41. The first kappa shape index (κ1) is 19.1. The van der Waals surface area contributed by atoms with Gasteiger partial charge in [-0.25, -0.2) is 4.79 Å². The second-order valence-electron chi connectivity index (χ2n) is 5.73. The van der Waals surface area contributed by atoms with Crippen molar-refractivity contribution in [3.63, 3.8) is 0 Å². The average molecular weight is 451 g/mol. The van der Waals surface area contributed by atoms with E-state index in [1.165, 1.54) is 0 Å². The quantitative estimate of drug-likeness (QED) is 0.411. The lowest BCUT2D eigenvalue weighted by molar-refractivity contribution is -0.118. The number of amides is 1. The van der Waals surface area contributed by atoms with E-state index in [0.717, 1.165) is 3.57 Å². The number of Topliss-reactive ketones (excluding diaryl/α,β-unsaturated/α-hetero) is 1. The molecule has 2 aromatic carbocycles. The summed E-state index contributed by atoms with van der Waals surface area (Å²) in [5.41, 5.74) is 1.43. The summed E-state index contributed by atoms with van der Waals surface area (Å²) in [5.74, 6) is -1.06. The van der Waals surface area contributed by atoms with E-state index in [9.17, 15) is 14.4 Å². The average Bonchev–Trinajstić information content (AvgIpc) is 2.60. The first-order valence-electron chi connectivity index (χ1n) is 7.73. The van der Waals surface area contributed by atoms with Crippen LogP contribution in [0.25, 0.3) is 0 Å². The van der Waals surface area contributed by atoms with Crippen LogP contribution >= 0.6 is 22.6 Å². The van der Waals surface area contributed by atoms with Crippen molar-refractivity contribution in [2.24, 2.45) is 5.92 Å². The molecule has 0 aliphatic heterocycles. The minimum absolute atomic E-state index is 0.0921. The van der Waals surface area contributed by atoms with Crippen LogP contribution in [0.2, 0.25) is 0 Å². The molecule has 0 radical (unpaired) electrons. The first-order chi connectivity index (χ1) is 11.9. The Kier molecular flexibility index (Phi) is 6.69. The van der Waals surface area contributed by atoms with Crippen molar-refractivity contribution in [2.75, 3.05) is 11.9 Å². The van der Waals surface area contributed by atoms with Crippen LogP contribution in [-0.2, 0) is 9.53 Å². The maximum Gasteiger partial charge on any atom is 0.338 e. The molecule has 0 aliphatic carbocycles. The molecule has 2 rings (SSSR count). The van der Waals surface area contributed by atoms with Gasteiger partial charge in [-0.1, -0.05) is 13.8 Å². The SMILES string of the molecule is CC(C)C(=O)Nc1ccc(C(=O)COC(=O)c2ccc(I)cc2)cc1. The second-order valence-corrected chi connectivity index (χ2v) is 6.97. The first-order valence-corrected chi connectivity index (χ1v) is 8.81. The molecular formula is C19H18INO4. The molecule has 1 N–H and O–H groups in total. The minimum Gasteiger partial charge on any atom is -0.454 e. The van der Waals surface area contributed by atoms with Crippen LogP contribution in [-0.4, -0.2) is 24.3 Å². The van der Waals surface area contributed by atoms with E-state index in [1.54, 1.807) is 62.4 Å². The van der Waals surface area contributed by atoms with E-state index in [0.29, 0.717) is 16.8 Å². The van der Waals surface area contributed by atoms with Gasteiger partial charge < -0.3 is 10.1 Å². The number of benzene rings is 2. The molecule has 0 saturated carbocycles. The number of anilines is 1. The number of rotatable bonds is 6. The van der Waals surface area contributed by atoms with Gasteiger partial charge in [-0.15, -0.1) is 0 Å². The molecule has 0 saturated heterocycles. The predicted octanol–water partition coefficient (Wildman–Crippen LogP) is 3.93. The van der Waals surface area contributed by atoms with Crippen LogP contribution in [0, 0.1) is 9.49 Å². The normalized spacial score (nSPS) is 10.4. The fraction of sp³-hybridized carbons (Fsp3) is 0.211. The molecule has 0 aliphatic rings. The topological polar surface area (TPSA) is 72.5 Å². The number of ketones is 1. The molecule has 25 heavy (non-hydrogen) atoms. The lowest BCUT2D eigenvalue weighted by atomic mass is 10.1. The highest BCUT2D eigenvalue weighted by Crippen LogP contribution is 2.12. The van der Waals surface area contributed by atoms with Gasteiger partial charge in [-0.2, -0.15) is 0 Å². The third-order valence-corrected chi connectivity index (χ3v) is 4.13. The number of nitrogens with one attached hydrogen (secondary N) is 1. The maximum atomic E-state index is 12.1. The molecule has 0 fully saturated rings. The molecule has 0 aromatic heterocycles. The highest BCUT2D eigenvalue weighted by molar-refractivity contribution is 14.1. The predicted molar refractivity (Wildman–Crippen MR) is 104 cm³/mol. The number of carbonyl (C=O) groups excluding carboxylic acids is 3. The molecule has 2 aromatic rings. The molecule has 5 nitrogen and oxygen atoms in total. The van der Waals surface area contributed by atoms with Crippen LogP contribution in [0.4, 0.5) is 5.69 Å². The molecule has 0 heterocycles. The third kappa shape index (κ3) is 5.67. The van der Waals surface area contributed by atoms with Crippen molar-refractivity contribution in [3.05, 3.63) is 63.2 Å². The number of halogens is 1. The molecule has 6 heteroatoms. The van der Waals surface area contributed by atoms with Crippen LogP contribution in [0.5, 0.6) is 0 Å². The maximum absolute atomic E-state index is 12.1. The Balaban J connectivity index is 1.91. The Morgan fingerprint density at radius 3 is 2.08 bits per heavy atom. The fourth-order valence-corrected chi connectivity index (χ4v) is 2.27. The van der Waals surface area contributed by atoms with E-state index < -0.39 is 5.97 Å². The van der Waals surface area contributed by atoms with E-state index in [-0.39, 0.29) is 24.2 Å². The summed E-state index contributed by atoms with van der Waals surface area (Å²) < 4.78 is 6.06. The van der Waals surface area contributed by atoms with E-state index in [4.69, 9.17) is 4.74 Å². The molecule has 0 bridgehead atoms.